The Morgan fingerprint density at radius 3 is 3.00 bits per heavy atom. The average Bonchev–Trinajstić information content (AvgIpc) is 2.78. The molecular weight excluding hydrogens is 190 g/mol. The molecule has 0 saturated carbocycles. The summed E-state index contributed by atoms with van der Waals surface area (Å²) in [5, 5.41) is 4.15. The largest absolute Gasteiger partial charge is 0.326 e. The molecule has 76 valence electrons. The molecule has 0 spiro atoms. The number of carbonyl (C=O) groups is 1. The number of nitrogens with zero attached hydrogens (tertiary/aromatic N) is 2. The molecule has 0 aliphatic heterocycles. The molecule has 0 fully saturated rings. The molecule has 0 aliphatic rings. The van der Waals surface area contributed by atoms with Crippen LogP contribution in [-0.2, 0) is 6.54 Å². The lowest BCUT2D eigenvalue weighted by Gasteiger charge is -2.00. The van der Waals surface area contributed by atoms with E-state index in [-0.39, 0.29) is 0 Å². The van der Waals surface area contributed by atoms with Crippen molar-refractivity contribution in [1.29, 1.82) is 0 Å². The van der Waals surface area contributed by atoms with Crippen LogP contribution in [0, 0.1) is 0 Å². The van der Waals surface area contributed by atoms with Crippen LogP contribution in [0.4, 0.5) is 0 Å². The van der Waals surface area contributed by atoms with Gasteiger partial charge in [0, 0.05) is 23.9 Å². The maximum Gasteiger partial charge on any atom is 0.150 e. The Hall–Kier alpha value is -1.94. The third-order valence-corrected chi connectivity index (χ3v) is 2.14. The molecule has 0 atom stereocenters. The van der Waals surface area contributed by atoms with Crippen molar-refractivity contribution < 1.29 is 4.79 Å². The van der Waals surface area contributed by atoms with Gasteiger partial charge in [0.2, 0.25) is 0 Å². The van der Waals surface area contributed by atoms with E-state index in [1.54, 1.807) is 23.0 Å². The Kier molecular flexibility index (Phi) is 2.60. The van der Waals surface area contributed by atoms with Crippen LogP contribution >= 0.6 is 0 Å². The van der Waals surface area contributed by atoms with Crippen molar-refractivity contribution in [1.82, 2.24) is 9.78 Å². The summed E-state index contributed by atoms with van der Waals surface area (Å²) in [4.78, 5) is 10.6. The van der Waals surface area contributed by atoms with Gasteiger partial charge in [-0.25, -0.2) is 4.68 Å². The van der Waals surface area contributed by atoms with Crippen molar-refractivity contribution in [3.63, 3.8) is 0 Å². The van der Waals surface area contributed by atoms with Gasteiger partial charge in [-0.2, -0.15) is 5.10 Å². The number of hydrogen-bond acceptors (Lipinski definition) is 3. The molecule has 2 N–H and O–H groups in total. The summed E-state index contributed by atoms with van der Waals surface area (Å²) in [6.45, 7) is 0.466. The number of aromatic nitrogens is 2. The van der Waals surface area contributed by atoms with Gasteiger partial charge in [-0.05, 0) is 12.1 Å². The fourth-order valence-electron chi connectivity index (χ4n) is 1.35. The molecule has 1 heterocycles. The summed E-state index contributed by atoms with van der Waals surface area (Å²) < 4.78 is 1.70. The van der Waals surface area contributed by atoms with Crippen LogP contribution in [0.25, 0.3) is 5.69 Å². The first-order valence-electron chi connectivity index (χ1n) is 4.62. The Bertz CT molecular complexity index is 476. The predicted molar refractivity (Wildman–Crippen MR) is 56.8 cm³/mol. The fourth-order valence-corrected chi connectivity index (χ4v) is 1.35. The van der Waals surface area contributed by atoms with E-state index in [4.69, 9.17) is 5.73 Å². The van der Waals surface area contributed by atoms with Gasteiger partial charge in [-0.15, -0.1) is 0 Å². The minimum Gasteiger partial charge on any atom is -0.326 e. The number of benzene rings is 1. The quantitative estimate of drug-likeness (QED) is 0.757. The zero-order chi connectivity index (χ0) is 10.7. The second-order valence-electron chi connectivity index (χ2n) is 3.21. The van der Waals surface area contributed by atoms with Gasteiger partial charge >= 0.3 is 0 Å². The number of nitrogens with two attached hydrogens (primary N) is 1. The zero-order valence-electron chi connectivity index (χ0n) is 8.13. The molecular formula is C11H11N3O. The second kappa shape index (κ2) is 4.06. The van der Waals surface area contributed by atoms with Crippen LogP contribution in [0.5, 0.6) is 0 Å². The minimum atomic E-state index is 0.466. The van der Waals surface area contributed by atoms with Gasteiger partial charge < -0.3 is 5.73 Å². The molecule has 0 radical (unpaired) electrons. The van der Waals surface area contributed by atoms with Crippen LogP contribution in [0.15, 0.2) is 36.7 Å². The lowest BCUT2D eigenvalue weighted by Crippen LogP contribution is -1.96. The minimum absolute atomic E-state index is 0.466. The maximum absolute atomic E-state index is 10.6. The van der Waals surface area contributed by atoms with Gasteiger partial charge in [-0.1, -0.05) is 12.1 Å². The van der Waals surface area contributed by atoms with Crippen molar-refractivity contribution >= 4 is 6.29 Å². The Morgan fingerprint density at radius 1 is 1.47 bits per heavy atom. The van der Waals surface area contributed by atoms with E-state index in [9.17, 15) is 4.79 Å². The zero-order valence-corrected chi connectivity index (χ0v) is 8.13. The van der Waals surface area contributed by atoms with Gasteiger partial charge in [0.1, 0.15) is 6.29 Å². The lowest BCUT2D eigenvalue weighted by molar-refractivity contribution is 0.112. The molecule has 2 rings (SSSR count). The topological polar surface area (TPSA) is 60.9 Å². The van der Waals surface area contributed by atoms with Crippen molar-refractivity contribution in [2.24, 2.45) is 5.73 Å². The standard InChI is InChI=1S/C11H11N3O/c12-5-10-6-13-14(7-10)11-3-1-2-9(4-11)8-15/h1-4,6-8H,5,12H2. The van der Waals surface area contributed by atoms with Crippen LogP contribution < -0.4 is 5.73 Å². The third kappa shape index (κ3) is 1.94. The summed E-state index contributed by atoms with van der Waals surface area (Å²) in [5.41, 5.74) is 7.95. The van der Waals surface area contributed by atoms with E-state index in [0.717, 1.165) is 17.5 Å². The van der Waals surface area contributed by atoms with Crippen LogP contribution in [0.2, 0.25) is 0 Å². The molecule has 4 nitrogen and oxygen atoms in total. The highest BCUT2D eigenvalue weighted by molar-refractivity contribution is 5.75. The highest BCUT2D eigenvalue weighted by Crippen LogP contribution is 2.09. The molecule has 1 aromatic heterocycles. The number of hydrogen-bond donors (Lipinski definition) is 1. The monoisotopic (exact) mass is 201 g/mol. The SMILES string of the molecule is NCc1cnn(-c2cccc(C=O)c2)c1. The van der Waals surface area contributed by atoms with E-state index in [2.05, 4.69) is 5.10 Å². The third-order valence-electron chi connectivity index (χ3n) is 2.14. The van der Waals surface area contributed by atoms with Crippen LogP contribution in [0.3, 0.4) is 0 Å². The number of rotatable bonds is 3. The maximum atomic E-state index is 10.6. The Balaban J connectivity index is 2.39. The molecule has 4 heteroatoms. The first-order chi connectivity index (χ1) is 7.33. The van der Waals surface area contributed by atoms with Crippen molar-refractivity contribution in [3.05, 3.63) is 47.8 Å². The van der Waals surface area contributed by atoms with Gasteiger partial charge in [0.15, 0.2) is 0 Å². The first kappa shape index (κ1) is 9.61. The highest BCUT2D eigenvalue weighted by Gasteiger charge is 2.00. The average molecular weight is 201 g/mol. The van der Waals surface area contributed by atoms with Crippen LogP contribution in [0.1, 0.15) is 15.9 Å². The molecule has 0 saturated heterocycles. The second-order valence-corrected chi connectivity index (χ2v) is 3.21. The molecule has 1 aromatic carbocycles. The summed E-state index contributed by atoms with van der Waals surface area (Å²) in [5.74, 6) is 0. The van der Waals surface area contributed by atoms with Gasteiger partial charge in [0.25, 0.3) is 0 Å². The molecule has 15 heavy (non-hydrogen) atoms. The van der Waals surface area contributed by atoms with E-state index < -0.39 is 0 Å². The molecule has 0 bridgehead atoms. The lowest BCUT2D eigenvalue weighted by atomic mass is 10.2. The van der Waals surface area contributed by atoms with E-state index >= 15 is 0 Å². The molecule has 0 aliphatic carbocycles. The molecule has 0 amide bonds. The molecule has 2 aromatic rings. The van der Waals surface area contributed by atoms with E-state index in [1.165, 1.54) is 0 Å². The summed E-state index contributed by atoms with van der Waals surface area (Å²) >= 11 is 0. The van der Waals surface area contributed by atoms with Gasteiger partial charge in [-0.3, -0.25) is 4.79 Å². The predicted octanol–water partition coefficient (Wildman–Crippen LogP) is 1.14. The fraction of sp³-hybridized carbons (Fsp3) is 0.0909. The Morgan fingerprint density at radius 2 is 2.33 bits per heavy atom. The highest BCUT2D eigenvalue weighted by atomic mass is 16.1. The van der Waals surface area contributed by atoms with Crippen LogP contribution in [-0.4, -0.2) is 16.1 Å². The smallest absolute Gasteiger partial charge is 0.150 e. The van der Waals surface area contributed by atoms with Gasteiger partial charge in [0.05, 0.1) is 11.9 Å². The summed E-state index contributed by atoms with van der Waals surface area (Å²) in [6.07, 6.45) is 4.38. The van der Waals surface area contributed by atoms with Crippen molar-refractivity contribution in [3.8, 4) is 5.69 Å². The first-order valence-corrected chi connectivity index (χ1v) is 4.62. The molecule has 0 unspecified atom stereocenters. The number of aldehydes is 1. The Labute approximate surface area is 87.3 Å². The summed E-state index contributed by atoms with van der Waals surface area (Å²) in [7, 11) is 0. The number of carbonyl (C=O) groups excluding carboxylic acids is 1. The summed E-state index contributed by atoms with van der Waals surface area (Å²) in [6, 6.07) is 7.24. The van der Waals surface area contributed by atoms with Crippen molar-refractivity contribution in [2.75, 3.05) is 0 Å². The van der Waals surface area contributed by atoms with Crippen molar-refractivity contribution in [2.45, 2.75) is 6.54 Å². The van der Waals surface area contributed by atoms with E-state index in [1.807, 2.05) is 18.3 Å². The van der Waals surface area contributed by atoms with E-state index in [0.29, 0.717) is 12.1 Å². The normalized spacial score (nSPS) is 10.2.